The summed E-state index contributed by atoms with van der Waals surface area (Å²) in [6.45, 7) is 7.10. The molecule has 1 atom stereocenters. The standard InChI is InChI=1S/C26H31N3O4/c1-4-32-24-12-9-20(15-18(24)2)25-16-22(28-33-25)26(30)27-17-23(29-13-5-6-14-29)19-7-10-21(31-3)11-8-19/h7-12,15-16,23H,4-6,13-14,17H2,1-3H3,(H,27,30)/t23-/m0/s1. The molecular weight excluding hydrogens is 418 g/mol. The molecule has 7 heteroatoms. The normalized spacial score (nSPS) is 14.8. The Balaban J connectivity index is 1.44. The van der Waals surface area contributed by atoms with Crippen LogP contribution < -0.4 is 14.8 Å². The summed E-state index contributed by atoms with van der Waals surface area (Å²) >= 11 is 0. The van der Waals surface area contributed by atoms with E-state index < -0.39 is 0 Å². The Bertz CT molecular complexity index is 1070. The molecule has 1 N–H and O–H groups in total. The van der Waals surface area contributed by atoms with Crippen LogP contribution in [-0.4, -0.2) is 49.3 Å². The van der Waals surface area contributed by atoms with Crippen LogP contribution in [0.4, 0.5) is 0 Å². The van der Waals surface area contributed by atoms with Crippen LogP contribution in [0, 0.1) is 6.92 Å². The zero-order chi connectivity index (χ0) is 23.2. The van der Waals surface area contributed by atoms with Crippen LogP contribution in [0.15, 0.2) is 53.1 Å². The van der Waals surface area contributed by atoms with Crippen molar-refractivity contribution >= 4 is 5.91 Å². The number of aromatic nitrogens is 1. The number of likely N-dealkylation sites (tertiary alicyclic amines) is 1. The molecule has 3 aromatic rings. The van der Waals surface area contributed by atoms with Crippen molar-refractivity contribution in [1.82, 2.24) is 15.4 Å². The fourth-order valence-corrected chi connectivity index (χ4v) is 4.26. The molecule has 1 aliphatic heterocycles. The van der Waals surface area contributed by atoms with Gasteiger partial charge < -0.3 is 19.3 Å². The number of rotatable bonds is 9. The smallest absolute Gasteiger partial charge is 0.273 e. The zero-order valence-corrected chi connectivity index (χ0v) is 19.5. The van der Waals surface area contributed by atoms with Crippen LogP contribution in [0.3, 0.4) is 0 Å². The molecule has 1 saturated heterocycles. The van der Waals surface area contributed by atoms with E-state index in [1.807, 2.05) is 44.2 Å². The Morgan fingerprint density at radius 1 is 1.15 bits per heavy atom. The largest absolute Gasteiger partial charge is 0.497 e. The third-order valence-corrected chi connectivity index (χ3v) is 6.04. The Hall–Kier alpha value is -3.32. The minimum atomic E-state index is -0.245. The topological polar surface area (TPSA) is 76.8 Å². The summed E-state index contributed by atoms with van der Waals surface area (Å²) < 4.78 is 16.3. The van der Waals surface area contributed by atoms with E-state index in [0.717, 1.165) is 41.3 Å². The van der Waals surface area contributed by atoms with Gasteiger partial charge in [-0.15, -0.1) is 0 Å². The Morgan fingerprint density at radius 2 is 1.91 bits per heavy atom. The van der Waals surface area contributed by atoms with E-state index in [2.05, 4.69) is 27.5 Å². The lowest BCUT2D eigenvalue weighted by Gasteiger charge is -2.28. The number of benzene rings is 2. The Morgan fingerprint density at radius 3 is 2.58 bits per heavy atom. The second kappa shape index (κ2) is 10.5. The van der Waals surface area contributed by atoms with Crippen LogP contribution >= 0.6 is 0 Å². The van der Waals surface area contributed by atoms with Gasteiger partial charge in [-0.2, -0.15) is 0 Å². The number of carbonyl (C=O) groups is 1. The van der Waals surface area contributed by atoms with Gasteiger partial charge in [-0.05, 0) is 81.2 Å². The molecule has 0 bridgehead atoms. The van der Waals surface area contributed by atoms with Crippen molar-refractivity contribution < 1.29 is 18.8 Å². The second-order valence-electron chi connectivity index (χ2n) is 8.23. The van der Waals surface area contributed by atoms with E-state index in [1.165, 1.54) is 12.8 Å². The van der Waals surface area contributed by atoms with Gasteiger partial charge in [0.2, 0.25) is 0 Å². The highest BCUT2D eigenvalue weighted by Crippen LogP contribution is 2.28. The fraction of sp³-hybridized carbons (Fsp3) is 0.385. The van der Waals surface area contributed by atoms with Gasteiger partial charge in [-0.1, -0.05) is 17.3 Å². The van der Waals surface area contributed by atoms with Crippen molar-refractivity contribution in [3.8, 4) is 22.8 Å². The highest BCUT2D eigenvalue weighted by molar-refractivity contribution is 5.93. The first kappa shape index (κ1) is 22.9. The maximum absolute atomic E-state index is 12.9. The molecule has 0 spiro atoms. The summed E-state index contributed by atoms with van der Waals surface area (Å²) in [6, 6.07) is 15.6. The van der Waals surface area contributed by atoms with Gasteiger partial charge in [0.1, 0.15) is 11.5 Å². The number of carbonyl (C=O) groups excluding carboxylic acids is 1. The second-order valence-corrected chi connectivity index (χ2v) is 8.23. The van der Waals surface area contributed by atoms with Gasteiger partial charge in [0.25, 0.3) is 5.91 Å². The number of hydrogen-bond donors (Lipinski definition) is 1. The molecule has 1 amide bonds. The predicted octanol–water partition coefficient (Wildman–Crippen LogP) is 4.62. The van der Waals surface area contributed by atoms with Gasteiger partial charge in [-0.25, -0.2) is 0 Å². The molecule has 1 aromatic heterocycles. The quantitative estimate of drug-likeness (QED) is 0.514. The van der Waals surface area contributed by atoms with Crippen molar-refractivity contribution in [3.63, 3.8) is 0 Å². The molecule has 2 heterocycles. The number of aryl methyl sites for hydroxylation is 1. The molecule has 174 valence electrons. The van der Waals surface area contributed by atoms with Crippen molar-refractivity contribution in [2.75, 3.05) is 33.4 Å². The van der Waals surface area contributed by atoms with Crippen LogP contribution in [-0.2, 0) is 0 Å². The van der Waals surface area contributed by atoms with Gasteiger partial charge in [0.05, 0.1) is 19.8 Å². The van der Waals surface area contributed by atoms with E-state index in [9.17, 15) is 4.79 Å². The number of ether oxygens (including phenoxy) is 2. The number of methoxy groups -OCH3 is 1. The Kier molecular flexibility index (Phi) is 7.29. The van der Waals surface area contributed by atoms with Crippen molar-refractivity contribution in [2.45, 2.75) is 32.7 Å². The number of nitrogens with one attached hydrogen (secondary N) is 1. The zero-order valence-electron chi connectivity index (χ0n) is 19.5. The summed E-state index contributed by atoms with van der Waals surface area (Å²) in [4.78, 5) is 15.3. The predicted molar refractivity (Wildman–Crippen MR) is 127 cm³/mol. The molecule has 0 aliphatic carbocycles. The van der Waals surface area contributed by atoms with E-state index >= 15 is 0 Å². The monoisotopic (exact) mass is 449 g/mol. The summed E-state index contributed by atoms with van der Waals surface area (Å²) in [7, 11) is 1.66. The lowest BCUT2D eigenvalue weighted by atomic mass is 10.0. The number of hydrogen-bond acceptors (Lipinski definition) is 6. The SMILES string of the molecule is CCOc1ccc(-c2cc(C(=O)NC[C@@H](c3ccc(OC)cc3)N3CCCC3)no2)cc1C. The number of nitrogens with zero attached hydrogens (tertiary/aromatic N) is 2. The molecular formula is C26H31N3O4. The summed E-state index contributed by atoms with van der Waals surface area (Å²) in [5.41, 5.74) is 3.29. The van der Waals surface area contributed by atoms with E-state index in [-0.39, 0.29) is 17.6 Å². The molecule has 4 rings (SSSR count). The third kappa shape index (κ3) is 5.37. The Labute approximate surface area is 194 Å². The lowest BCUT2D eigenvalue weighted by Crippen LogP contribution is -2.36. The van der Waals surface area contributed by atoms with Gasteiger partial charge in [0.15, 0.2) is 11.5 Å². The molecule has 2 aromatic carbocycles. The molecule has 7 nitrogen and oxygen atoms in total. The lowest BCUT2D eigenvalue weighted by molar-refractivity contribution is 0.0929. The first-order valence-corrected chi connectivity index (χ1v) is 11.5. The van der Waals surface area contributed by atoms with E-state index in [4.69, 9.17) is 14.0 Å². The molecule has 0 unspecified atom stereocenters. The van der Waals surface area contributed by atoms with Crippen LogP contribution in [0.1, 0.15) is 47.4 Å². The van der Waals surface area contributed by atoms with Gasteiger partial charge >= 0.3 is 0 Å². The summed E-state index contributed by atoms with van der Waals surface area (Å²) in [5, 5.41) is 7.05. The highest BCUT2D eigenvalue weighted by Gasteiger charge is 2.25. The van der Waals surface area contributed by atoms with Crippen molar-refractivity contribution in [1.29, 1.82) is 0 Å². The average molecular weight is 450 g/mol. The van der Waals surface area contributed by atoms with Gasteiger partial charge in [-0.3, -0.25) is 9.69 Å². The van der Waals surface area contributed by atoms with Gasteiger partial charge in [0, 0.05) is 18.2 Å². The first-order chi connectivity index (χ1) is 16.1. The van der Waals surface area contributed by atoms with Crippen molar-refractivity contribution in [2.24, 2.45) is 0 Å². The molecule has 0 saturated carbocycles. The van der Waals surface area contributed by atoms with Crippen LogP contribution in [0.5, 0.6) is 11.5 Å². The van der Waals surface area contributed by atoms with E-state index in [0.29, 0.717) is 18.9 Å². The molecule has 0 radical (unpaired) electrons. The molecule has 1 aliphatic rings. The minimum Gasteiger partial charge on any atom is -0.497 e. The average Bonchev–Trinajstić information content (AvgIpc) is 3.54. The minimum absolute atomic E-state index is 0.0995. The van der Waals surface area contributed by atoms with Crippen LogP contribution in [0.25, 0.3) is 11.3 Å². The summed E-state index contributed by atoms with van der Waals surface area (Å²) in [6.07, 6.45) is 2.35. The maximum Gasteiger partial charge on any atom is 0.273 e. The van der Waals surface area contributed by atoms with Crippen molar-refractivity contribution in [3.05, 3.63) is 65.4 Å². The molecule has 33 heavy (non-hydrogen) atoms. The summed E-state index contributed by atoms with van der Waals surface area (Å²) in [5.74, 6) is 1.97. The maximum atomic E-state index is 12.9. The highest BCUT2D eigenvalue weighted by atomic mass is 16.5. The third-order valence-electron chi connectivity index (χ3n) is 6.04. The van der Waals surface area contributed by atoms with E-state index in [1.54, 1.807) is 13.2 Å². The number of amides is 1. The first-order valence-electron chi connectivity index (χ1n) is 11.5. The molecule has 1 fully saturated rings. The van der Waals surface area contributed by atoms with Crippen LogP contribution in [0.2, 0.25) is 0 Å². The fourth-order valence-electron chi connectivity index (χ4n) is 4.26.